The number of hydrogen-bond donors (Lipinski definition) is 1. The van der Waals surface area contributed by atoms with Gasteiger partial charge in [0.25, 0.3) is 0 Å². The van der Waals surface area contributed by atoms with Crippen molar-refractivity contribution in [3.05, 3.63) is 42.4 Å². The second kappa shape index (κ2) is 4.31. The van der Waals surface area contributed by atoms with Gasteiger partial charge < -0.3 is 5.73 Å². The first-order valence-corrected chi connectivity index (χ1v) is 5.38. The molecule has 0 fully saturated rings. The van der Waals surface area contributed by atoms with Crippen LogP contribution in [-0.4, -0.2) is 9.97 Å². The van der Waals surface area contributed by atoms with Crippen molar-refractivity contribution >= 4 is 17.4 Å². The molecule has 1 aromatic carbocycles. The van der Waals surface area contributed by atoms with Gasteiger partial charge in [0.1, 0.15) is 5.03 Å². The number of nitrogens with two attached hydrogens (primary N) is 1. The van der Waals surface area contributed by atoms with Crippen molar-refractivity contribution in [2.24, 2.45) is 0 Å². The minimum atomic E-state index is 0.773. The Hall–Kier alpha value is -1.55. The van der Waals surface area contributed by atoms with E-state index < -0.39 is 0 Å². The predicted octanol–water partition coefficient (Wildman–Crippen LogP) is 2.52. The van der Waals surface area contributed by atoms with E-state index in [2.05, 4.69) is 9.97 Å². The molecule has 0 atom stereocenters. The van der Waals surface area contributed by atoms with Crippen molar-refractivity contribution < 1.29 is 0 Å². The molecule has 0 spiro atoms. The summed E-state index contributed by atoms with van der Waals surface area (Å²) in [4.78, 5) is 9.57. The first kappa shape index (κ1) is 9.98. The van der Waals surface area contributed by atoms with Crippen LogP contribution in [0.15, 0.2) is 46.6 Å². The zero-order valence-electron chi connectivity index (χ0n) is 8.34. The van der Waals surface area contributed by atoms with E-state index in [1.165, 1.54) is 0 Å². The Morgan fingerprint density at radius 2 is 1.73 bits per heavy atom. The number of aryl methyl sites for hydroxylation is 1. The lowest BCUT2D eigenvalue weighted by molar-refractivity contribution is 0.986. The van der Waals surface area contributed by atoms with Gasteiger partial charge >= 0.3 is 0 Å². The molecule has 0 aliphatic heterocycles. The summed E-state index contributed by atoms with van der Waals surface area (Å²) in [5.41, 5.74) is 7.33. The largest absolute Gasteiger partial charge is 0.399 e. The van der Waals surface area contributed by atoms with Gasteiger partial charge in [0.05, 0.1) is 5.69 Å². The molecule has 0 bridgehead atoms. The van der Waals surface area contributed by atoms with Crippen LogP contribution in [0.5, 0.6) is 0 Å². The number of nitrogens with zero attached hydrogens (tertiary/aromatic N) is 2. The highest BCUT2D eigenvalue weighted by Crippen LogP contribution is 2.27. The van der Waals surface area contributed by atoms with E-state index in [0.29, 0.717) is 0 Å². The standard InChI is InChI=1S/C11H11N3S/c1-8-11(14-7-6-13-8)15-10-4-2-9(12)3-5-10/h2-7H,12H2,1H3. The molecule has 2 aromatic rings. The molecule has 4 heteroatoms. The van der Waals surface area contributed by atoms with Crippen LogP contribution in [0.3, 0.4) is 0 Å². The lowest BCUT2D eigenvalue weighted by Crippen LogP contribution is -1.88. The van der Waals surface area contributed by atoms with Gasteiger partial charge in [-0.05, 0) is 31.2 Å². The molecule has 0 amide bonds. The Kier molecular flexibility index (Phi) is 2.87. The fraction of sp³-hybridized carbons (Fsp3) is 0.0909. The molecule has 76 valence electrons. The maximum absolute atomic E-state index is 5.61. The number of aromatic nitrogens is 2. The van der Waals surface area contributed by atoms with Gasteiger partial charge in [-0.3, -0.25) is 4.98 Å². The molecular formula is C11H11N3S. The van der Waals surface area contributed by atoms with E-state index in [9.17, 15) is 0 Å². The van der Waals surface area contributed by atoms with Gasteiger partial charge in [0.2, 0.25) is 0 Å². The van der Waals surface area contributed by atoms with Crippen LogP contribution in [0.1, 0.15) is 5.69 Å². The Balaban J connectivity index is 2.22. The third-order valence-electron chi connectivity index (χ3n) is 1.93. The van der Waals surface area contributed by atoms with Gasteiger partial charge in [-0.1, -0.05) is 11.8 Å². The molecule has 2 rings (SSSR count). The molecule has 0 aliphatic rings. The molecule has 0 radical (unpaired) electrons. The molecule has 0 aliphatic carbocycles. The summed E-state index contributed by atoms with van der Waals surface area (Å²) in [6.45, 7) is 1.95. The number of anilines is 1. The van der Waals surface area contributed by atoms with Crippen LogP contribution < -0.4 is 5.73 Å². The molecule has 0 saturated carbocycles. The lowest BCUT2D eigenvalue weighted by Gasteiger charge is -2.03. The molecule has 15 heavy (non-hydrogen) atoms. The molecule has 1 heterocycles. The van der Waals surface area contributed by atoms with Gasteiger partial charge in [0, 0.05) is 23.0 Å². The van der Waals surface area contributed by atoms with Crippen LogP contribution in [-0.2, 0) is 0 Å². The molecule has 1 aromatic heterocycles. The summed E-state index contributed by atoms with van der Waals surface area (Å²) in [5, 5.41) is 0.933. The topological polar surface area (TPSA) is 51.8 Å². The molecule has 0 saturated heterocycles. The average molecular weight is 217 g/mol. The Bertz CT molecular complexity index is 454. The number of nitrogen functional groups attached to an aromatic ring is 1. The van der Waals surface area contributed by atoms with Crippen molar-refractivity contribution in [3.63, 3.8) is 0 Å². The monoisotopic (exact) mass is 217 g/mol. The predicted molar refractivity (Wildman–Crippen MR) is 61.7 cm³/mol. The summed E-state index contributed by atoms with van der Waals surface area (Å²) in [7, 11) is 0. The van der Waals surface area contributed by atoms with Crippen molar-refractivity contribution in [1.29, 1.82) is 0 Å². The zero-order valence-corrected chi connectivity index (χ0v) is 9.16. The summed E-state index contributed by atoms with van der Waals surface area (Å²) in [6, 6.07) is 7.73. The molecule has 3 nitrogen and oxygen atoms in total. The first-order chi connectivity index (χ1) is 7.25. The van der Waals surface area contributed by atoms with Crippen LogP contribution in [0.25, 0.3) is 0 Å². The van der Waals surface area contributed by atoms with Crippen LogP contribution in [0.2, 0.25) is 0 Å². The number of rotatable bonds is 2. The summed E-state index contributed by atoms with van der Waals surface area (Å²) >= 11 is 1.59. The third kappa shape index (κ3) is 2.47. The Morgan fingerprint density at radius 3 is 2.40 bits per heavy atom. The van der Waals surface area contributed by atoms with E-state index in [4.69, 9.17) is 5.73 Å². The van der Waals surface area contributed by atoms with E-state index in [1.807, 2.05) is 31.2 Å². The zero-order chi connectivity index (χ0) is 10.7. The van der Waals surface area contributed by atoms with Crippen LogP contribution >= 0.6 is 11.8 Å². The summed E-state index contributed by atoms with van der Waals surface area (Å²) in [5.74, 6) is 0. The van der Waals surface area contributed by atoms with Crippen LogP contribution in [0.4, 0.5) is 5.69 Å². The second-order valence-electron chi connectivity index (χ2n) is 3.12. The Labute approximate surface area is 92.8 Å². The molecule has 2 N–H and O–H groups in total. The quantitative estimate of drug-likeness (QED) is 0.785. The SMILES string of the molecule is Cc1nccnc1Sc1ccc(N)cc1. The number of benzene rings is 1. The van der Waals surface area contributed by atoms with Crippen molar-refractivity contribution in [2.75, 3.05) is 5.73 Å². The highest BCUT2D eigenvalue weighted by Gasteiger charge is 2.02. The Morgan fingerprint density at radius 1 is 1.07 bits per heavy atom. The lowest BCUT2D eigenvalue weighted by atomic mass is 10.3. The van der Waals surface area contributed by atoms with Crippen molar-refractivity contribution in [3.8, 4) is 0 Å². The van der Waals surface area contributed by atoms with Crippen molar-refractivity contribution in [1.82, 2.24) is 9.97 Å². The maximum atomic E-state index is 5.61. The first-order valence-electron chi connectivity index (χ1n) is 4.57. The molecular weight excluding hydrogens is 206 g/mol. The van der Waals surface area contributed by atoms with E-state index in [1.54, 1.807) is 24.2 Å². The van der Waals surface area contributed by atoms with E-state index in [-0.39, 0.29) is 0 Å². The summed E-state index contributed by atoms with van der Waals surface area (Å²) < 4.78 is 0. The number of hydrogen-bond acceptors (Lipinski definition) is 4. The minimum Gasteiger partial charge on any atom is -0.399 e. The van der Waals surface area contributed by atoms with Crippen LogP contribution in [0, 0.1) is 6.92 Å². The second-order valence-corrected chi connectivity index (χ2v) is 4.18. The molecule has 0 unspecified atom stereocenters. The van der Waals surface area contributed by atoms with Gasteiger partial charge in [-0.2, -0.15) is 0 Å². The minimum absolute atomic E-state index is 0.773. The third-order valence-corrected chi connectivity index (χ3v) is 3.03. The van der Waals surface area contributed by atoms with Gasteiger partial charge in [-0.25, -0.2) is 4.98 Å². The summed E-state index contributed by atoms with van der Waals surface area (Å²) in [6.07, 6.45) is 3.40. The highest BCUT2D eigenvalue weighted by molar-refractivity contribution is 7.99. The maximum Gasteiger partial charge on any atom is 0.122 e. The average Bonchev–Trinajstić information content (AvgIpc) is 2.25. The highest BCUT2D eigenvalue weighted by atomic mass is 32.2. The fourth-order valence-corrected chi connectivity index (χ4v) is 1.95. The van der Waals surface area contributed by atoms with E-state index in [0.717, 1.165) is 21.3 Å². The van der Waals surface area contributed by atoms with Gasteiger partial charge in [-0.15, -0.1) is 0 Å². The normalized spacial score (nSPS) is 10.2. The smallest absolute Gasteiger partial charge is 0.122 e. The van der Waals surface area contributed by atoms with E-state index >= 15 is 0 Å². The fourth-order valence-electron chi connectivity index (χ4n) is 1.14. The van der Waals surface area contributed by atoms with Gasteiger partial charge in [0.15, 0.2) is 0 Å². The van der Waals surface area contributed by atoms with Crippen molar-refractivity contribution in [2.45, 2.75) is 16.8 Å².